The lowest BCUT2D eigenvalue weighted by molar-refractivity contribution is -0.218. The maximum atomic E-state index is 10.6. The molecule has 0 radical (unpaired) electrons. The van der Waals surface area contributed by atoms with Crippen LogP contribution in [0, 0.1) is 23.7 Å². The zero-order chi connectivity index (χ0) is 25.4. The molecular formula is C28H56N2O4. The molecule has 0 aliphatic carbocycles. The first-order valence-corrected chi connectivity index (χ1v) is 14.2. The quantitative estimate of drug-likeness (QED) is 0.295. The minimum absolute atomic E-state index is 0.187. The van der Waals surface area contributed by atoms with Crippen LogP contribution in [-0.4, -0.2) is 70.1 Å². The monoisotopic (exact) mass is 484 g/mol. The standard InChI is InChI=1S/C28H56N2O4/c1-19(2)25-15-23(16-26(20(3)4)29(25)31)33-13-11-9-10-12-14-34-24-17-27(21(5)6)30(32)28(18-24)22(7)8/h19-28,31-32H,9-18H2,1-8H3. The Morgan fingerprint density at radius 1 is 0.529 bits per heavy atom. The first kappa shape index (κ1) is 30.0. The number of unbranched alkanes of at least 4 members (excludes halogenated alkanes) is 3. The molecule has 4 unspecified atom stereocenters. The number of ether oxygens (including phenoxy) is 2. The normalized spacial score (nSPS) is 31.9. The Morgan fingerprint density at radius 2 is 0.794 bits per heavy atom. The summed E-state index contributed by atoms with van der Waals surface area (Å²) in [6.45, 7) is 19.1. The van der Waals surface area contributed by atoms with Gasteiger partial charge in [0.1, 0.15) is 0 Å². The Hall–Kier alpha value is -0.240. The van der Waals surface area contributed by atoms with E-state index in [1.807, 2.05) is 0 Å². The van der Waals surface area contributed by atoms with Crippen molar-refractivity contribution in [2.24, 2.45) is 23.7 Å². The summed E-state index contributed by atoms with van der Waals surface area (Å²) in [5.41, 5.74) is 0. The van der Waals surface area contributed by atoms with Crippen molar-refractivity contribution in [3.8, 4) is 0 Å². The van der Waals surface area contributed by atoms with Gasteiger partial charge in [0.25, 0.3) is 0 Å². The van der Waals surface area contributed by atoms with Gasteiger partial charge >= 0.3 is 0 Å². The van der Waals surface area contributed by atoms with E-state index in [1.54, 1.807) is 10.1 Å². The van der Waals surface area contributed by atoms with Crippen LogP contribution in [0.25, 0.3) is 0 Å². The lowest BCUT2D eigenvalue weighted by Gasteiger charge is -2.44. The topological polar surface area (TPSA) is 65.4 Å². The van der Waals surface area contributed by atoms with E-state index >= 15 is 0 Å². The third-order valence-electron chi connectivity index (χ3n) is 8.20. The summed E-state index contributed by atoms with van der Waals surface area (Å²) in [5, 5.41) is 24.5. The lowest BCUT2D eigenvalue weighted by Crippen LogP contribution is -2.53. The first-order valence-electron chi connectivity index (χ1n) is 14.2. The summed E-state index contributed by atoms with van der Waals surface area (Å²) in [6.07, 6.45) is 8.72. The highest BCUT2D eigenvalue weighted by Crippen LogP contribution is 2.33. The molecule has 2 fully saturated rings. The van der Waals surface area contributed by atoms with E-state index in [9.17, 15) is 10.4 Å². The van der Waals surface area contributed by atoms with Gasteiger partial charge < -0.3 is 19.9 Å². The van der Waals surface area contributed by atoms with Crippen LogP contribution in [0.5, 0.6) is 0 Å². The van der Waals surface area contributed by atoms with Crippen LogP contribution >= 0.6 is 0 Å². The highest BCUT2D eigenvalue weighted by Gasteiger charge is 2.39. The highest BCUT2D eigenvalue weighted by atomic mass is 16.5. The molecule has 2 N–H and O–H groups in total. The largest absolute Gasteiger partial charge is 0.378 e. The molecule has 0 aromatic heterocycles. The Kier molecular flexibility index (Phi) is 12.8. The van der Waals surface area contributed by atoms with Crippen molar-refractivity contribution < 1.29 is 19.9 Å². The van der Waals surface area contributed by atoms with Crippen molar-refractivity contribution in [1.29, 1.82) is 0 Å². The summed E-state index contributed by atoms with van der Waals surface area (Å²) in [4.78, 5) is 0. The van der Waals surface area contributed by atoms with Crippen molar-refractivity contribution in [3.05, 3.63) is 0 Å². The van der Waals surface area contributed by atoms with Gasteiger partial charge in [-0.3, -0.25) is 0 Å². The van der Waals surface area contributed by atoms with Crippen LogP contribution in [0.2, 0.25) is 0 Å². The number of piperidine rings is 2. The molecule has 4 atom stereocenters. The van der Waals surface area contributed by atoms with E-state index in [0.29, 0.717) is 23.7 Å². The van der Waals surface area contributed by atoms with Crippen LogP contribution < -0.4 is 0 Å². The molecular weight excluding hydrogens is 428 g/mol. The minimum Gasteiger partial charge on any atom is -0.378 e. The lowest BCUT2D eigenvalue weighted by atomic mass is 9.85. The van der Waals surface area contributed by atoms with Gasteiger partial charge in [-0.1, -0.05) is 68.2 Å². The van der Waals surface area contributed by atoms with E-state index in [-0.39, 0.29) is 36.4 Å². The van der Waals surface area contributed by atoms with Gasteiger partial charge in [-0.05, 0) is 62.2 Å². The van der Waals surface area contributed by atoms with Gasteiger partial charge in [-0.15, -0.1) is 0 Å². The third kappa shape index (κ3) is 8.70. The second-order valence-corrected chi connectivity index (χ2v) is 12.3. The Balaban J connectivity index is 1.63. The van der Waals surface area contributed by atoms with Gasteiger partial charge in [0.2, 0.25) is 0 Å². The molecule has 202 valence electrons. The molecule has 34 heavy (non-hydrogen) atoms. The zero-order valence-corrected chi connectivity index (χ0v) is 23.4. The molecule has 6 heteroatoms. The van der Waals surface area contributed by atoms with Gasteiger partial charge in [0.05, 0.1) is 12.2 Å². The van der Waals surface area contributed by atoms with E-state index in [0.717, 1.165) is 51.7 Å². The fourth-order valence-electron chi connectivity index (χ4n) is 5.83. The first-order chi connectivity index (χ1) is 16.0. The number of hydrogen-bond acceptors (Lipinski definition) is 6. The van der Waals surface area contributed by atoms with E-state index < -0.39 is 0 Å². The molecule has 0 saturated carbocycles. The SMILES string of the molecule is CC(C)C1CC(OCCCCCCOC2CC(C(C)C)N(O)C(C(C)C)C2)CC(C(C)C)N1O. The fraction of sp³-hybridized carbons (Fsp3) is 1.00. The maximum Gasteiger partial charge on any atom is 0.0606 e. The predicted molar refractivity (Wildman–Crippen MR) is 138 cm³/mol. The fourth-order valence-corrected chi connectivity index (χ4v) is 5.83. The molecule has 0 aromatic rings. The average Bonchev–Trinajstić information content (AvgIpc) is 2.76. The van der Waals surface area contributed by atoms with E-state index in [4.69, 9.17) is 9.47 Å². The predicted octanol–water partition coefficient (Wildman–Crippen LogP) is 6.39. The maximum absolute atomic E-state index is 10.6. The summed E-state index contributed by atoms with van der Waals surface area (Å²) in [7, 11) is 0. The number of hydroxylamine groups is 4. The summed E-state index contributed by atoms with van der Waals surface area (Å²) >= 11 is 0. The van der Waals surface area contributed by atoms with E-state index in [2.05, 4.69) is 55.4 Å². The van der Waals surface area contributed by atoms with Crippen molar-refractivity contribution >= 4 is 0 Å². The minimum atomic E-state index is 0.187. The van der Waals surface area contributed by atoms with Crippen LogP contribution in [0.15, 0.2) is 0 Å². The number of nitrogens with zero attached hydrogens (tertiary/aromatic N) is 2. The molecule has 0 amide bonds. The van der Waals surface area contributed by atoms with Crippen molar-refractivity contribution in [3.63, 3.8) is 0 Å². The van der Waals surface area contributed by atoms with Crippen LogP contribution in [-0.2, 0) is 9.47 Å². The third-order valence-corrected chi connectivity index (χ3v) is 8.20. The average molecular weight is 485 g/mol. The Morgan fingerprint density at radius 3 is 1.03 bits per heavy atom. The second kappa shape index (κ2) is 14.5. The van der Waals surface area contributed by atoms with Crippen molar-refractivity contribution in [1.82, 2.24) is 10.1 Å². The molecule has 2 heterocycles. The highest BCUT2D eigenvalue weighted by molar-refractivity contribution is 4.89. The zero-order valence-electron chi connectivity index (χ0n) is 23.4. The van der Waals surface area contributed by atoms with Crippen LogP contribution in [0.1, 0.15) is 107 Å². The molecule has 2 saturated heterocycles. The summed E-state index contributed by atoms with van der Waals surface area (Å²) in [5.74, 6) is 1.70. The van der Waals surface area contributed by atoms with Gasteiger partial charge in [0, 0.05) is 37.4 Å². The number of hydrogen-bond donors (Lipinski definition) is 2. The molecule has 2 rings (SSSR count). The summed E-state index contributed by atoms with van der Waals surface area (Å²) in [6, 6.07) is 0.747. The molecule has 2 aliphatic heterocycles. The van der Waals surface area contributed by atoms with Crippen molar-refractivity contribution in [2.75, 3.05) is 13.2 Å². The molecule has 6 nitrogen and oxygen atoms in total. The van der Waals surface area contributed by atoms with Crippen molar-refractivity contribution in [2.45, 2.75) is 143 Å². The van der Waals surface area contributed by atoms with Crippen LogP contribution in [0.4, 0.5) is 0 Å². The second-order valence-electron chi connectivity index (χ2n) is 12.3. The molecule has 0 spiro atoms. The van der Waals surface area contributed by atoms with Gasteiger partial charge in [-0.2, -0.15) is 10.1 Å². The van der Waals surface area contributed by atoms with E-state index in [1.165, 1.54) is 12.8 Å². The Bertz CT molecular complexity index is 473. The Labute approximate surface area is 210 Å². The smallest absolute Gasteiger partial charge is 0.0606 e. The molecule has 0 aromatic carbocycles. The molecule has 0 bridgehead atoms. The van der Waals surface area contributed by atoms with Crippen LogP contribution in [0.3, 0.4) is 0 Å². The number of rotatable bonds is 13. The molecule has 2 aliphatic rings. The van der Waals surface area contributed by atoms with Gasteiger partial charge in [-0.25, -0.2) is 0 Å². The summed E-state index contributed by atoms with van der Waals surface area (Å²) < 4.78 is 12.5. The van der Waals surface area contributed by atoms with Gasteiger partial charge in [0.15, 0.2) is 0 Å².